The van der Waals surface area contributed by atoms with Crippen molar-refractivity contribution in [1.82, 2.24) is 19.8 Å². The molecule has 134 valence electrons. The minimum Gasteiger partial charge on any atom is -0.357 e. The Balaban J connectivity index is 1.43. The van der Waals surface area contributed by atoms with Crippen LogP contribution in [-0.4, -0.2) is 51.9 Å². The van der Waals surface area contributed by atoms with E-state index >= 15 is 0 Å². The molecule has 0 aliphatic carbocycles. The number of aromatic amines is 2. The topological polar surface area (TPSA) is 72.2 Å². The lowest BCUT2D eigenvalue weighted by Crippen LogP contribution is -2.48. The molecule has 1 aromatic carbocycles. The number of hydrogen-bond acceptors (Lipinski definition) is 3. The van der Waals surface area contributed by atoms with E-state index in [4.69, 9.17) is 0 Å². The van der Waals surface area contributed by atoms with Gasteiger partial charge in [0, 0.05) is 61.6 Å². The van der Waals surface area contributed by atoms with Gasteiger partial charge in [-0.1, -0.05) is 0 Å². The van der Waals surface area contributed by atoms with Gasteiger partial charge in [-0.05, 0) is 30.3 Å². The molecule has 0 bridgehead atoms. The number of halogens is 1. The summed E-state index contributed by atoms with van der Waals surface area (Å²) in [5.41, 5.74) is 1.84. The number of rotatable bonds is 3. The van der Waals surface area contributed by atoms with Crippen LogP contribution in [0.4, 0.5) is 4.39 Å². The van der Waals surface area contributed by atoms with E-state index in [1.54, 1.807) is 18.3 Å². The maximum atomic E-state index is 13.3. The molecule has 0 atom stereocenters. The lowest BCUT2D eigenvalue weighted by atomic mass is 10.2. The Bertz CT molecular complexity index is 988. The van der Waals surface area contributed by atoms with Gasteiger partial charge in [0.05, 0.1) is 0 Å². The average Bonchev–Trinajstić information content (AvgIpc) is 3.17. The molecule has 7 heteroatoms. The van der Waals surface area contributed by atoms with E-state index in [-0.39, 0.29) is 11.3 Å². The van der Waals surface area contributed by atoms with Crippen LogP contribution >= 0.6 is 0 Å². The Hall–Kier alpha value is -2.93. The Kier molecular flexibility index (Phi) is 4.30. The van der Waals surface area contributed by atoms with Gasteiger partial charge in [-0.15, -0.1) is 0 Å². The molecule has 0 spiro atoms. The van der Waals surface area contributed by atoms with Crippen molar-refractivity contribution in [3.63, 3.8) is 0 Å². The van der Waals surface area contributed by atoms with Gasteiger partial charge in [-0.2, -0.15) is 0 Å². The normalized spacial score (nSPS) is 15.5. The van der Waals surface area contributed by atoms with Crippen molar-refractivity contribution in [1.29, 1.82) is 0 Å². The molecule has 0 radical (unpaired) electrons. The molecular formula is C19H19FN4O2. The number of pyridine rings is 1. The van der Waals surface area contributed by atoms with Crippen LogP contribution in [0.5, 0.6) is 0 Å². The number of aromatic nitrogens is 2. The molecule has 1 amide bonds. The van der Waals surface area contributed by atoms with E-state index < -0.39 is 5.82 Å². The van der Waals surface area contributed by atoms with Gasteiger partial charge in [-0.25, -0.2) is 4.39 Å². The maximum Gasteiger partial charge on any atom is 0.270 e. The van der Waals surface area contributed by atoms with E-state index in [0.29, 0.717) is 36.2 Å². The van der Waals surface area contributed by atoms with Crippen LogP contribution in [0.1, 0.15) is 16.2 Å². The molecule has 2 N–H and O–H groups in total. The Morgan fingerprint density at radius 2 is 1.92 bits per heavy atom. The van der Waals surface area contributed by atoms with Gasteiger partial charge >= 0.3 is 0 Å². The highest BCUT2D eigenvalue weighted by Crippen LogP contribution is 2.13. The van der Waals surface area contributed by atoms with E-state index in [2.05, 4.69) is 14.9 Å². The van der Waals surface area contributed by atoms with Gasteiger partial charge in [-0.3, -0.25) is 14.5 Å². The van der Waals surface area contributed by atoms with Crippen LogP contribution in [0.25, 0.3) is 10.9 Å². The second-order valence-corrected chi connectivity index (χ2v) is 6.50. The third-order valence-corrected chi connectivity index (χ3v) is 4.73. The van der Waals surface area contributed by atoms with Gasteiger partial charge in [0.25, 0.3) is 5.91 Å². The zero-order chi connectivity index (χ0) is 18.1. The number of hydrogen-bond donors (Lipinski definition) is 2. The fraction of sp³-hybridized carbons (Fsp3) is 0.263. The number of amides is 1. The van der Waals surface area contributed by atoms with Crippen LogP contribution < -0.4 is 5.43 Å². The van der Waals surface area contributed by atoms with Crippen LogP contribution in [0, 0.1) is 5.82 Å². The Labute approximate surface area is 149 Å². The van der Waals surface area contributed by atoms with Crippen molar-refractivity contribution in [3.05, 3.63) is 70.0 Å². The lowest BCUT2D eigenvalue weighted by Gasteiger charge is -2.34. The van der Waals surface area contributed by atoms with Gasteiger partial charge in [0.2, 0.25) is 0 Å². The largest absolute Gasteiger partial charge is 0.357 e. The number of piperazine rings is 1. The first-order valence-corrected chi connectivity index (χ1v) is 8.56. The molecule has 3 heterocycles. The van der Waals surface area contributed by atoms with Gasteiger partial charge in [0.1, 0.15) is 11.5 Å². The number of fused-ring (bicyclic) bond motifs is 1. The van der Waals surface area contributed by atoms with E-state index in [1.807, 2.05) is 11.0 Å². The predicted molar refractivity (Wildman–Crippen MR) is 96.5 cm³/mol. The zero-order valence-electron chi connectivity index (χ0n) is 14.2. The van der Waals surface area contributed by atoms with E-state index in [9.17, 15) is 14.0 Å². The monoisotopic (exact) mass is 354 g/mol. The fourth-order valence-corrected chi connectivity index (χ4v) is 3.34. The van der Waals surface area contributed by atoms with Crippen molar-refractivity contribution in [2.45, 2.75) is 6.54 Å². The Morgan fingerprint density at radius 3 is 2.65 bits per heavy atom. The quantitative estimate of drug-likeness (QED) is 0.755. The first-order chi connectivity index (χ1) is 12.6. The molecule has 4 rings (SSSR count). The maximum absolute atomic E-state index is 13.3. The van der Waals surface area contributed by atoms with Crippen molar-refractivity contribution < 1.29 is 9.18 Å². The van der Waals surface area contributed by atoms with Crippen molar-refractivity contribution >= 4 is 16.8 Å². The summed E-state index contributed by atoms with van der Waals surface area (Å²) >= 11 is 0. The van der Waals surface area contributed by atoms with Crippen LogP contribution in [0.3, 0.4) is 0 Å². The van der Waals surface area contributed by atoms with Crippen molar-refractivity contribution in [3.8, 4) is 0 Å². The molecule has 1 aliphatic heterocycles. The standard InChI is InChI=1S/C19H19FN4O2/c20-13-3-4-16-15(10-13)18(25)11-14(22-16)12-23-6-8-24(9-7-23)19(26)17-2-1-5-21-17/h1-5,10-11,21H,6-9,12H2,(H,22,25). The average molecular weight is 354 g/mol. The molecule has 0 saturated carbocycles. The molecule has 0 unspecified atom stereocenters. The number of carbonyl (C=O) groups is 1. The number of nitrogens with one attached hydrogen (secondary N) is 2. The molecule has 26 heavy (non-hydrogen) atoms. The summed E-state index contributed by atoms with van der Waals surface area (Å²) in [6.45, 7) is 3.33. The van der Waals surface area contributed by atoms with Crippen molar-refractivity contribution in [2.24, 2.45) is 0 Å². The molecule has 1 saturated heterocycles. The highest BCUT2D eigenvalue weighted by Gasteiger charge is 2.22. The van der Waals surface area contributed by atoms with Crippen LogP contribution in [-0.2, 0) is 6.54 Å². The second kappa shape index (κ2) is 6.76. The minimum absolute atomic E-state index is 0.00999. The fourth-order valence-electron chi connectivity index (χ4n) is 3.34. The van der Waals surface area contributed by atoms with Crippen LogP contribution in [0.15, 0.2) is 47.4 Å². The first kappa shape index (κ1) is 16.5. The number of nitrogens with zero attached hydrogens (tertiary/aromatic N) is 2. The third-order valence-electron chi connectivity index (χ3n) is 4.73. The Morgan fingerprint density at radius 1 is 1.12 bits per heavy atom. The molecule has 1 aliphatic rings. The number of carbonyl (C=O) groups excluding carboxylic acids is 1. The number of H-pyrrole nitrogens is 2. The summed E-state index contributed by atoms with van der Waals surface area (Å²) in [5, 5.41) is 0.357. The highest BCUT2D eigenvalue weighted by molar-refractivity contribution is 5.92. The van der Waals surface area contributed by atoms with Crippen molar-refractivity contribution in [2.75, 3.05) is 26.2 Å². The molecular weight excluding hydrogens is 335 g/mol. The summed E-state index contributed by atoms with van der Waals surface area (Å²) in [5.74, 6) is -0.408. The van der Waals surface area contributed by atoms with Crippen LogP contribution in [0.2, 0.25) is 0 Å². The first-order valence-electron chi connectivity index (χ1n) is 8.56. The predicted octanol–water partition coefficient (Wildman–Crippen LogP) is 1.95. The molecule has 3 aromatic rings. The summed E-state index contributed by atoms with van der Waals surface area (Å²) in [7, 11) is 0. The lowest BCUT2D eigenvalue weighted by molar-refractivity contribution is 0.0622. The molecule has 6 nitrogen and oxygen atoms in total. The zero-order valence-corrected chi connectivity index (χ0v) is 14.2. The molecule has 1 fully saturated rings. The summed E-state index contributed by atoms with van der Waals surface area (Å²) in [6.07, 6.45) is 1.74. The van der Waals surface area contributed by atoms with Gasteiger partial charge in [0.15, 0.2) is 5.43 Å². The minimum atomic E-state index is -0.418. The second-order valence-electron chi connectivity index (χ2n) is 6.50. The number of benzene rings is 1. The highest BCUT2D eigenvalue weighted by atomic mass is 19.1. The summed E-state index contributed by atoms with van der Waals surface area (Å²) in [4.78, 5) is 34.7. The van der Waals surface area contributed by atoms with E-state index in [1.165, 1.54) is 18.2 Å². The summed E-state index contributed by atoms with van der Waals surface area (Å²) < 4.78 is 13.3. The van der Waals surface area contributed by atoms with E-state index in [0.717, 1.165) is 18.8 Å². The smallest absolute Gasteiger partial charge is 0.270 e. The SMILES string of the molecule is O=C(c1ccc[nH]1)N1CCN(Cc2cc(=O)c3cc(F)ccc3[nH]2)CC1. The molecule has 2 aromatic heterocycles. The summed E-state index contributed by atoms with van der Waals surface area (Å²) in [6, 6.07) is 9.29. The third kappa shape index (κ3) is 3.25. The van der Waals surface area contributed by atoms with Gasteiger partial charge < -0.3 is 14.9 Å².